The quantitative estimate of drug-likeness (QED) is 0.726. The predicted octanol–water partition coefficient (Wildman–Crippen LogP) is 0.906. The summed E-state index contributed by atoms with van der Waals surface area (Å²) in [7, 11) is 0. The molecule has 1 aromatic rings. The summed E-state index contributed by atoms with van der Waals surface area (Å²) < 4.78 is 1.83. The molecule has 1 heterocycles. The lowest BCUT2D eigenvalue weighted by Gasteiger charge is -2.07. The number of nitrogens with zero attached hydrogens (tertiary/aromatic N) is 3. The molecular weight excluding hydrogens is 152 g/mol. The van der Waals surface area contributed by atoms with Gasteiger partial charge in [0.25, 0.3) is 0 Å². The molecule has 1 unspecified atom stereocenters. The van der Waals surface area contributed by atoms with Gasteiger partial charge in [0.2, 0.25) is 0 Å². The lowest BCUT2D eigenvalue weighted by Crippen LogP contribution is -2.09. The Kier molecular flexibility index (Phi) is 1.75. The van der Waals surface area contributed by atoms with E-state index in [1.807, 2.05) is 4.68 Å². The van der Waals surface area contributed by atoms with Crippen molar-refractivity contribution in [2.75, 3.05) is 5.73 Å². The Bertz CT molecular complexity index is 264. The molecule has 4 heteroatoms. The molecule has 4 nitrogen and oxygen atoms in total. The van der Waals surface area contributed by atoms with E-state index in [1.54, 1.807) is 6.20 Å². The number of nitrogen functional groups attached to an aromatic ring is 1. The normalized spacial score (nSPS) is 19.4. The van der Waals surface area contributed by atoms with Gasteiger partial charge in [-0.3, -0.25) is 4.68 Å². The maximum atomic E-state index is 5.45. The van der Waals surface area contributed by atoms with E-state index >= 15 is 0 Å². The zero-order chi connectivity index (χ0) is 8.55. The fraction of sp³-hybridized carbons (Fsp3) is 0.750. The van der Waals surface area contributed by atoms with Gasteiger partial charge in [0.1, 0.15) is 0 Å². The van der Waals surface area contributed by atoms with E-state index in [9.17, 15) is 0 Å². The van der Waals surface area contributed by atoms with Crippen molar-refractivity contribution in [1.82, 2.24) is 15.0 Å². The Labute approximate surface area is 71.8 Å². The first-order chi connectivity index (χ1) is 5.75. The first kappa shape index (κ1) is 7.58. The number of anilines is 1. The number of hydrogen-bond donors (Lipinski definition) is 1. The van der Waals surface area contributed by atoms with Crippen molar-refractivity contribution in [3.8, 4) is 0 Å². The standard InChI is InChI=1S/C8H14N4/c1-6(7-2-3-7)4-12-5-8(9)10-11-12/h5-7H,2-4,9H2,1H3. The Morgan fingerprint density at radius 3 is 3.00 bits per heavy atom. The highest BCUT2D eigenvalue weighted by atomic mass is 15.4. The first-order valence-electron chi connectivity index (χ1n) is 4.41. The van der Waals surface area contributed by atoms with E-state index < -0.39 is 0 Å². The molecule has 0 radical (unpaired) electrons. The van der Waals surface area contributed by atoms with Crippen LogP contribution in [0.15, 0.2) is 6.20 Å². The molecule has 2 rings (SSSR count). The molecule has 0 amide bonds. The summed E-state index contributed by atoms with van der Waals surface area (Å²) >= 11 is 0. The molecule has 0 saturated heterocycles. The zero-order valence-corrected chi connectivity index (χ0v) is 7.27. The summed E-state index contributed by atoms with van der Waals surface area (Å²) in [6, 6.07) is 0. The van der Waals surface area contributed by atoms with E-state index in [1.165, 1.54) is 12.8 Å². The molecule has 0 aromatic carbocycles. The van der Waals surface area contributed by atoms with Crippen molar-refractivity contribution in [3.05, 3.63) is 6.20 Å². The Hall–Kier alpha value is -1.06. The van der Waals surface area contributed by atoms with Crippen LogP contribution in [0.5, 0.6) is 0 Å². The van der Waals surface area contributed by atoms with Gasteiger partial charge in [0.05, 0.1) is 6.20 Å². The molecule has 0 aliphatic heterocycles. The van der Waals surface area contributed by atoms with Crippen LogP contribution in [0.25, 0.3) is 0 Å². The topological polar surface area (TPSA) is 56.7 Å². The molecule has 1 fully saturated rings. The Morgan fingerprint density at radius 2 is 2.50 bits per heavy atom. The summed E-state index contributed by atoms with van der Waals surface area (Å²) in [4.78, 5) is 0. The second-order valence-electron chi connectivity index (χ2n) is 3.68. The third-order valence-corrected chi connectivity index (χ3v) is 2.46. The first-order valence-corrected chi connectivity index (χ1v) is 4.41. The number of aromatic nitrogens is 3. The van der Waals surface area contributed by atoms with Crippen molar-refractivity contribution in [2.45, 2.75) is 26.3 Å². The molecule has 0 spiro atoms. The summed E-state index contributed by atoms with van der Waals surface area (Å²) in [6.45, 7) is 3.21. The maximum absolute atomic E-state index is 5.45. The molecule has 0 bridgehead atoms. The monoisotopic (exact) mass is 166 g/mol. The van der Waals surface area contributed by atoms with Crippen LogP contribution in [0.2, 0.25) is 0 Å². The average Bonchev–Trinajstić information content (AvgIpc) is 2.78. The van der Waals surface area contributed by atoms with Gasteiger partial charge in [-0.2, -0.15) is 0 Å². The van der Waals surface area contributed by atoms with E-state index in [4.69, 9.17) is 5.73 Å². The predicted molar refractivity (Wildman–Crippen MR) is 46.3 cm³/mol. The summed E-state index contributed by atoms with van der Waals surface area (Å²) in [5.41, 5.74) is 5.45. The van der Waals surface area contributed by atoms with Crippen LogP contribution in [0.4, 0.5) is 5.82 Å². The Morgan fingerprint density at radius 1 is 1.75 bits per heavy atom. The van der Waals surface area contributed by atoms with Gasteiger partial charge in [-0.25, -0.2) is 0 Å². The minimum Gasteiger partial charge on any atom is -0.381 e. The van der Waals surface area contributed by atoms with Gasteiger partial charge in [-0.1, -0.05) is 12.1 Å². The number of rotatable bonds is 3. The van der Waals surface area contributed by atoms with Crippen LogP contribution in [0.3, 0.4) is 0 Å². The fourth-order valence-corrected chi connectivity index (χ4v) is 1.51. The second kappa shape index (κ2) is 2.77. The van der Waals surface area contributed by atoms with E-state index in [0.717, 1.165) is 12.5 Å². The lowest BCUT2D eigenvalue weighted by atomic mass is 10.1. The third kappa shape index (κ3) is 1.57. The van der Waals surface area contributed by atoms with Crippen LogP contribution in [0, 0.1) is 11.8 Å². The van der Waals surface area contributed by atoms with E-state index in [2.05, 4.69) is 17.2 Å². The van der Waals surface area contributed by atoms with Crippen molar-refractivity contribution >= 4 is 5.82 Å². The van der Waals surface area contributed by atoms with Gasteiger partial charge < -0.3 is 5.73 Å². The minimum atomic E-state index is 0.512. The third-order valence-electron chi connectivity index (χ3n) is 2.46. The fourth-order valence-electron chi connectivity index (χ4n) is 1.51. The smallest absolute Gasteiger partial charge is 0.165 e. The van der Waals surface area contributed by atoms with Gasteiger partial charge >= 0.3 is 0 Å². The average molecular weight is 166 g/mol. The number of nitrogens with two attached hydrogens (primary N) is 1. The van der Waals surface area contributed by atoms with Crippen LogP contribution >= 0.6 is 0 Å². The molecule has 1 aromatic heterocycles. The van der Waals surface area contributed by atoms with Gasteiger partial charge in [0, 0.05) is 6.54 Å². The zero-order valence-electron chi connectivity index (χ0n) is 7.27. The van der Waals surface area contributed by atoms with Crippen LogP contribution in [-0.4, -0.2) is 15.0 Å². The molecule has 2 N–H and O–H groups in total. The highest BCUT2D eigenvalue weighted by molar-refractivity contribution is 5.19. The van der Waals surface area contributed by atoms with Crippen LogP contribution < -0.4 is 5.73 Å². The van der Waals surface area contributed by atoms with Crippen molar-refractivity contribution in [3.63, 3.8) is 0 Å². The Balaban J connectivity index is 1.93. The number of hydrogen-bond acceptors (Lipinski definition) is 3. The molecular formula is C8H14N4. The summed E-state index contributed by atoms with van der Waals surface area (Å²) in [6.07, 6.45) is 4.55. The highest BCUT2D eigenvalue weighted by Crippen LogP contribution is 2.37. The van der Waals surface area contributed by atoms with Crippen molar-refractivity contribution in [2.24, 2.45) is 11.8 Å². The lowest BCUT2D eigenvalue weighted by molar-refractivity contribution is 0.400. The minimum absolute atomic E-state index is 0.512. The molecule has 12 heavy (non-hydrogen) atoms. The largest absolute Gasteiger partial charge is 0.381 e. The SMILES string of the molecule is CC(Cn1cc(N)nn1)C1CC1. The molecule has 1 atom stereocenters. The molecule has 1 aliphatic rings. The summed E-state index contributed by atoms with van der Waals surface area (Å²) in [5, 5.41) is 7.65. The van der Waals surface area contributed by atoms with Crippen LogP contribution in [-0.2, 0) is 6.54 Å². The molecule has 66 valence electrons. The molecule has 1 aliphatic carbocycles. The summed E-state index contributed by atoms with van der Waals surface area (Å²) in [5.74, 6) is 2.14. The molecule has 1 saturated carbocycles. The maximum Gasteiger partial charge on any atom is 0.165 e. The van der Waals surface area contributed by atoms with Gasteiger partial charge in [0.15, 0.2) is 5.82 Å². The van der Waals surface area contributed by atoms with Crippen molar-refractivity contribution < 1.29 is 0 Å². The van der Waals surface area contributed by atoms with Crippen molar-refractivity contribution in [1.29, 1.82) is 0 Å². The van der Waals surface area contributed by atoms with Gasteiger partial charge in [-0.05, 0) is 24.7 Å². The van der Waals surface area contributed by atoms with Gasteiger partial charge in [-0.15, -0.1) is 5.10 Å². The second-order valence-corrected chi connectivity index (χ2v) is 3.68. The van der Waals surface area contributed by atoms with E-state index in [0.29, 0.717) is 11.7 Å². The highest BCUT2D eigenvalue weighted by Gasteiger charge is 2.28. The van der Waals surface area contributed by atoms with Crippen LogP contribution in [0.1, 0.15) is 19.8 Å². The van der Waals surface area contributed by atoms with E-state index in [-0.39, 0.29) is 0 Å².